The third-order valence-electron chi connectivity index (χ3n) is 3.74. The largest absolute Gasteiger partial charge is 0.338 e. The van der Waals surface area contributed by atoms with Gasteiger partial charge < -0.3 is 9.80 Å². The van der Waals surface area contributed by atoms with Gasteiger partial charge >= 0.3 is 0 Å². The van der Waals surface area contributed by atoms with Crippen molar-refractivity contribution < 1.29 is 18.4 Å². The number of halogens is 2. The molecule has 0 radical (unpaired) electrons. The molecular formula is C15H18F2N2O2S. The number of carbonyl (C=O) groups is 2. The van der Waals surface area contributed by atoms with Crippen molar-refractivity contribution in [2.75, 3.05) is 32.4 Å². The van der Waals surface area contributed by atoms with Crippen LogP contribution >= 0.6 is 11.8 Å². The fourth-order valence-electron chi connectivity index (χ4n) is 2.32. The van der Waals surface area contributed by atoms with Crippen LogP contribution in [0.2, 0.25) is 0 Å². The molecule has 0 spiro atoms. The molecule has 1 saturated heterocycles. The number of rotatable bonds is 3. The maximum Gasteiger partial charge on any atom is 0.256 e. The average Bonchev–Trinajstić information content (AvgIpc) is 2.53. The van der Waals surface area contributed by atoms with Crippen molar-refractivity contribution in [1.82, 2.24) is 9.80 Å². The standard InChI is InChI=1S/C15H18F2N2O2S/c1-10(22-2)14(20)18-5-7-19(8-6-18)15(21)12-4-3-11(16)9-13(12)17/h3-4,9-10H,5-8H2,1-2H3/t10-/m0/s1. The summed E-state index contributed by atoms with van der Waals surface area (Å²) in [5.41, 5.74) is -0.140. The molecule has 2 rings (SSSR count). The predicted molar refractivity (Wildman–Crippen MR) is 81.8 cm³/mol. The number of hydrogen-bond acceptors (Lipinski definition) is 3. The normalized spacial score (nSPS) is 16.5. The van der Waals surface area contributed by atoms with E-state index in [0.29, 0.717) is 32.2 Å². The molecule has 0 N–H and O–H groups in total. The summed E-state index contributed by atoms with van der Waals surface area (Å²) >= 11 is 1.48. The van der Waals surface area contributed by atoms with Gasteiger partial charge in [0.25, 0.3) is 5.91 Å². The molecule has 1 aromatic carbocycles. The summed E-state index contributed by atoms with van der Waals surface area (Å²) in [6.45, 7) is 3.40. The minimum atomic E-state index is -0.862. The van der Waals surface area contributed by atoms with Crippen molar-refractivity contribution >= 4 is 23.6 Å². The number of benzene rings is 1. The van der Waals surface area contributed by atoms with Crippen molar-refractivity contribution in [3.05, 3.63) is 35.4 Å². The topological polar surface area (TPSA) is 40.6 Å². The zero-order valence-corrected chi connectivity index (χ0v) is 13.3. The lowest BCUT2D eigenvalue weighted by Gasteiger charge is -2.35. The highest BCUT2D eigenvalue weighted by Crippen LogP contribution is 2.16. The lowest BCUT2D eigenvalue weighted by atomic mass is 10.1. The first-order valence-corrected chi connectivity index (χ1v) is 8.28. The van der Waals surface area contributed by atoms with E-state index in [1.807, 2.05) is 13.2 Å². The molecule has 7 heteroatoms. The fourth-order valence-corrected chi connectivity index (χ4v) is 2.67. The average molecular weight is 328 g/mol. The molecule has 22 heavy (non-hydrogen) atoms. The van der Waals surface area contributed by atoms with E-state index < -0.39 is 17.5 Å². The Kier molecular flexibility index (Phi) is 5.39. The molecule has 1 aromatic rings. The molecule has 1 atom stereocenters. The van der Waals surface area contributed by atoms with Crippen LogP contribution in [0.15, 0.2) is 18.2 Å². The SMILES string of the molecule is CS[C@@H](C)C(=O)N1CCN(C(=O)c2ccc(F)cc2F)CC1. The second-order valence-electron chi connectivity index (χ2n) is 5.12. The molecule has 2 amide bonds. The Morgan fingerprint density at radius 3 is 2.27 bits per heavy atom. The van der Waals surface area contributed by atoms with E-state index in [4.69, 9.17) is 0 Å². The summed E-state index contributed by atoms with van der Waals surface area (Å²) in [5, 5.41) is -0.114. The van der Waals surface area contributed by atoms with Gasteiger partial charge in [0, 0.05) is 32.2 Å². The fraction of sp³-hybridized carbons (Fsp3) is 0.467. The highest BCUT2D eigenvalue weighted by Gasteiger charge is 2.28. The summed E-state index contributed by atoms with van der Waals surface area (Å²) in [6, 6.07) is 2.92. The van der Waals surface area contributed by atoms with E-state index in [0.717, 1.165) is 12.1 Å². The Morgan fingerprint density at radius 2 is 1.73 bits per heavy atom. The second-order valence-corrected chi connectivity index (χ2v) is 6.30. The molecule has 4 nitrogen and oxygen atoms in total. The smallest absolute Gasteiger partial charge is 0.256 e. The summed E-state index contributed by atoms with van der Waals surface area (Å²) in [6.07, 6.45) is 1.87. The van der Waals surface area contributed by atoms with Crippen LogP contribution in [0.5, 0.6) is 0 Å². The van der Waals surface area contributed by atoms with Gasteiger partial charge in [-0.25, -0.2) is 8.78 Å². The third kappa shape index (κ3) is 3.58. The Morgan fingerprint density at radius 1 is 1.14 bits per heavy atom. The molecule has 0 aromatic heterocycles. The van der Waals surface area contributed by atoms with Crippen LogP contribution in [0, 0.1) is 11.6 Å². The number of carbonyl (C=O) groups excluding carboxylic acids is 2. The first-order chi connectivity index (χ1) is 10.4. The molecule has 1 aliphatic rings. The van der Waals surface area contributed by atoms with Crippen molar-refractivity contribution in [3.63, 3.8) is 0 Å². The summed E-state index contributed by atoms with van der Waals surface area (Å²) < 4.78 is 26.5. The first kappa shape index (κ1) is 16.7. The van der Waals surface area contributed by atoms with Crippen LogP contribution in [0.25, 0.3) is 0 Å². The Hall–Kier alpha value is -1.63. The van der Waals surface area contributed by atoms with E-state index in [1.165, 1.54) is 16.7 Å². The van der Waals surface area contributed by atoms with Crippen LogP contribution in [-0.2, 0) is 4.79 Å². The molecule has 1 aliphatic heterocycles. The summed E-state index contributed by atoms with van der Waals surface area (Å²) in [7, 11) is 0. The van der Waals surface area contributed by atoms with Crippen LogP contribution in [-0.4, -0.2) is 59.3 Å². The Labute approximate surface area is 132 Å². The number of piperazine rings is 1. The minimum Gasteiger partial charge on any atom is -0.338 e. The van der Waals surface area contributed by atoms with Crippen molar-refractivity contribution in [1.29, 1.82) is 0 Å². The number of hydrogen-bond donors (Lipinski definition) is 0. The molecule has 0 bridgehead atoms. The van der Waals surface area contributed by atoms with Gasteiger partial charge in [-0.1, -0.05) is 0 Å². The zero-order chi connectivity index (χ0) is 16.3. The van der Waals surface area contributed by atoms with Gasteiger partial charge in [-0.05, 0) is 25.3 Å². The molecular weight excluding hydrogens is 310 g/mol. The van der Waals surface area contributed by atoms with Gasteiger partial charge in [-0.15, -0.1) is 0 Å². The molecule has 120 valence electrons. The maximum absolute atomic E-state index is 13.7. The molecule has 1 fully saturated rings. The van der Waals surface area contributed by atoms with Crippen LogP contribution in [0.3, 0.4) is 0 Å². The summed E-state index contributed by atoms with van der Waals surface area (Å²) in [4.78, 5) is 27.5. The van der Waals surface area contributed by atoms with Gasteiger partial charge in [-0.2, -0.15) is 11.8 Å². The lowest BCUT2D eigenvalue weighted by molar-refractivity contribution is -0.131. The molecule has 0 unspecified atom stereocenters. The van der Waals surface area contributed by atoms with Crippen molar-refractivity contribution in [2.45, 2.75) is 12.2 Å². The van der Waals surface area contributed by atoms with Crippen molar-refractivity contribution in [2.24, 2.45) is 0 Å². The minimum absolute atomic E-state index is 0.0487. The molecule has 0 saturated carbocycles. The number of nitrogens with zero attached hydrogens (tertiary/aromatic N) is 2. The monoisotopic (exact) mass is 328 g/mol. The van der Waals surface area contributed by atoms with Crippen LogP contribution in [0.1, 0.15) is 17.3 Å². The Balaban J connectivity index is 1.99. The van der Waals surface area contributed by atoms with Gasteiger partial charge in [-0.3, -0.25) is 9.59 Å². The number of amides is 2. The van der Waals surface area contributed by atoms with E-state index in [9.17, 15) is 18.4 Å². The molecule has 0 aliphatic carbocycles. The van der Waals surface area contributed by atoms with E-state index in [1.54, 1.807) is 4.90 Å². The van der Waals surface area contributed by atoms with Gasteiger partial charge in [0.05, 0.1) is 10.8 Å². The maximum atomic E-state index is 13.7. The van der Waals surface area contributed by atoms with Crippen molar-refractivity contribution in [3.8, 4) is 0 Å². The van der Waals surface area contributed by atoms with Crippen LogP contribution < -0.4 is 0 Å². The van der Waals surface area contributed by atoms with E-state index in [-0.39, 0.29) is 16.7 Å². The second kappa shape index (κ2) is 7.09. The third-order valence-corrected chi connectivity index (χ3v) is 4.65. The van der Waals surface area contributed by atoms with Gasteiger partial charge in [0.1, 0.15) is 11.6 Å². The highest BCUT2D eigenvalue weighted by molar-refractivity contribution is 7.99. The predicted octanol–water partition coefficient (Wildman–Crippen LogP) is 2.00. The zero-order valence-electron chi connectivity index (χ0n) is 12.5. The molecule has 1 heterocycles. The summed E-state index contributed by atoms with van der Waals surface area (Å²) in [5.74, 6) is -2.00. The lowest BCUT2D eigenvalue weighted by Crippen LogP contribution is -2.52. The Bertz CT molecular complexity index is 575. The van der Waals surface area contributed by atoms with E-state index >= 15 is 0 Å². The first-order valence-electron chi connectivity index (χ1n) is 7.00. The van der Waals surface area contributed by atoms with E-state index in [2.05, 4.69) is 0 Å². The number of thioether (sulfide) groups is 1. The van der Waals surface area contributed by atoms with Gasteiger partial charge in [0.2, 0.25) is 5.91 Å². The van der Waals surface area contributed by atoms with Crippen LogP contribution in [0.4, 0.5) is 8.78 Å². The quantitative estimate of drug-likeness (QED) is 0.852. The van der Waals surface area contributed by atoms with Gasteiger partial charge in [0.15, 0.2) is 0 Å². The highest BCUT2D eigenvalue weighted by atomic mass is 32.2.